The van der Waals surface area contributed by atoms with Crippen molar-refractivity contribution < 1.29 is 4.79 Å². The number of carbonyl (C=O) groups is 1. The van der Waals surface area contributed by atoms with Crippen LogP contribution >= 0.6 is 23.1 Å². The number of carbonyl (C=O) groups excluding carboxylic acids is 1. The summed E-state index contributed by atoms with van der Waals surface area (Å²) in [6.45, 7) is 2.93. The van der Waals surface area contributed by atoms with E-state index in [1.807, 2.05) is 24.5 Å². The van der Waals surface area contributed by atoms with Gasteiger partial charge in [0.2, 0.25) is 11.0 Å². The van der Waals surface area contributed by atoms with Crippen molar-refractivity contribution in [2.45, 2.75) is 29.8 Å². The van der Waals surface area contributed by atoms with E-state index in [4.69, 9.17) is 5.73 Å². The molecule has 2 aromatic heterocycles. The molecule has 0 aliphatic carbocycles. The zero-order valence-corrected chi connectivity index (χ0v) is 14.9. The summed E-state index contributed by atoms with van der Waals surface area (Å²) in [5, 5.41) is 11.2. The van der Waals surface area contributed by atoms with E-state index in [1.54, 1.807) is 0 Å². The van der Waals surface area contributed by atoms with Crippen LogP contribution in [-0.2, 0) is 11.3 Å². The van der Waals surface area contributed by atoms with Gasteiger partial charge in [-0.3, -0.25) is 14.7 Å². The Balaban J connectivity index is 1.36. The summed E-state index contributed by atoms with van der Waals surface area (Å²) in [7, 11) is 0. The molecule has 0 radical (unpaired) electrons. The van der Waals surface area contributed by atoms with Crippen molar-refractivity contribution in [1.82, 2.24) is 25.4 Å². The van der Waals surface area contributed by atoms with Crippen LogP contribution in [0, 0.1) is 0 Å². The van der Waals surface area contributed by atoms with Crippen LogP contribution < -0.4 is 11.1 Å². The summed E-state index contributed by atoms with van der Waals surface area (Å²) < 4.78 is 0.731. The fourth-order valence-electron chi connectivity index (χ4n) is 2.66. The highest BCUT2D eigenvalue weighted by atomic mass is 32.2. The van der Waals surface area contributed by atoms with Gasteiger partial charge >= 0.3 is 0 Å². The first-order valence-electron chi connectivity index (χ1n) is 7.81. The smallest absolute Gasteiger partial charge is 0.230 e. The van der Waals surface area contributed by atoms with Gasteiger partial charge in [-0.05, 0) is 30.5 Å². The van der Waals surface area contributed by atoms with Crippen molar-refractivity contribution >= 4 is 34.1 Å². The number of hydrogen-bond donors (Lipinski definition) is 2. The van der Waals surface area contributed by atoms with Gasteiger partial charge < -0.3 is 11.1 Å². The van der Waals surface area contributed by atoms with Crippen LogP contribution in [0.5, 0.6) is 0 Å². The molecule has 1 aliphatic rings. The highest BCUT2D eigenvalue weighted by Crippen LogP contribution is 2.23. The van der Waals surface area contributed by atoms with Crippen LogP contribution in [0.1, 0.15) is 18.4 Å². The molecule has 7 nitrogen and oxygen atoms in total. The van der Waals surface area contributed by atoms with Crippen molar-refractivity contribution in [3.8, 4) is 0 Å². The topological polar surface area (TPSA) is 97.0 Å². The molecule has 0 spiro atoms. The van der Waals surface area contributed by atoms with Crippen LogP contribution in [0.3, 0.4) is 0 Å². The summed E-state index contributed by atoms with van der Waals surface area (Å²) in [6, 6.07) is 4.35. The summed E-state index contributed by atoms with van der Waals surface area (Å²) >= 11 is 2.68. The maximum absolute atomic E-state index is 12.0. The molecule has 3 rings (SSSR count). The number of amides is 1. The van der Waals surface area contributed by atoms with Crippen molar-refractivity contribution in [2.24, 2.45) is 0 Å². The molecule has 0 aromatic carbocycles. The Morgan fingerprint density at radius 2 is 2.08 bits per heavy atom. The lowest BCUT2D eigenvalue weighted by Gasteiger charge is -2.32. The van der Waals surface area contributed by atoms with E-state index in [9.17, 15) is 4.79 Å². The molecule has 3 heterocycles. The van der Waals surface area contributed by atoms with Gasteiger partial charge in [-0.1, -0.05) is 23.1 Å². The predicted octanol–water partition coefficient (Wildman–Crippen LogP) is 1.39. The monoisotopic (exact) mass is 364 g/mol. The van der Waals surface area contributed by atoms with Gasteiger partial charge in [0.05, 0.1) is 5.75 Å². The zero-order chi connectivity index (χ0) is 16.8. The number of piperidine rings is 1. The lowest BCUT2D eigenvalue weighted by molar-refractivity contribution is -0.119. The van der Waals surface area contributed by atoms with Crippen molar-refractivity contribution in [1.29, 1.82) is 0 Å². The largest absolute Gasteiger partial charge is 0.374 e. The summed E-state index contributed by atoms with van der Waals surface area (Å²) in [5.41, 5.74) is 6.80. The molecule has 2 aromatic rings. The Hall–Kier alpha value is -1.71. The van der Waals surface area contributed by atoms with Crippen LogP contribution in [0.25, 0.3) is 0 Å². The summed E-state index contributed by atoms with van der Waals surface area (Å²) in [5.74, 6) is 0.396. The van der Waals surface area contributed by atoms with E-state index in [0.29, 0.717) is 10.9 Å². The van der Waals surface area contributed by atoms with Gasteiger partial charge in [0.25, 0.3) is 0 Å². The molecular weight excluding hydrogens is 344 g/mol. The van der Waals surface area contributed by atoms with E-state index in [2.05, 4.69) is 25.4 Å². The molecule has 24 heavy (non-hydrogen) atoms. The highest BCUT2D eigenvalue weighted by Gasteiger charge is 2.20. The minimum absolute atomic E-state index is 0.0429. The number of pyridine rings is 1. The molecule has 1 aliphatic heterocycles. The number of hydrogen-bond acceptors (Lipinski definition) is 8. The van der Waals surface area contributed by atoms with Crippen LogP contribution in [0.2, 0.25) is 0 Å². The first-order chi connectivity index (χ1) is 11.7. The quantitative estimate of drug-likeness (QED) is 0.748. The predicted molar refractivity (Wildman–Crippen MR) is 95.7 cm³/mol. The highest BCUT2D eigenvalue weighted by molar-refractivity contribution is 8.01. The fraction of sp³-hybridized carbons (Fsp3) is 0.467. The molecule has 1 amide bonds. The summed E-state index contributed by atoms with van der Waals surface area (Å²) in [4.78, 5) is 18.5. The van der Waals surface area contributed by atoms with Gasteiger partial charge in [0.1, 0.15) is 0 Å². The molecule has 0 atom stereocenters. The molecule has 128 valence electrons. The third kappa shape index (κ3) is 5.15. The van der Waals surface area contributed by atoms with Crippen LogP contribution in [0.15, 0.2) is 28.9 Å². The minimum Gasteiger partial charge on any atom is -0.374 e. The third-order valence-electron chi connectivity index (χ3n) is 3.86. The van der Waals surface area contributed by atoms with E-state index in [0.717, 1.165) is 36.8 Å². The van der Waals surface area contributed by atoms with E-state index < -0.39 is 0 Å². The number of nitrogens with zero attached hydrogens (tertiary/aromatic N) is 4. The maximum Gasteiger partial charge on any atom is 0.230 e. The van der Waals surface area contributed by atoms with Crippen molar-refractivity contribution in [3.05, 3.63) is 30.1 Å². The first kappa shape index (κ1) is 17.1. The number of anilines is 1. The Kier molecular flexibility index (Phi) is 6.00. The number of nitrogen functional groups attached to an aromatic ring is 1. The summed E-state index contributed by atoms with van der Waals surface area (Å²) in [6.07, 6.45) is 5.61. The Labute approximate surface area is 149 Å². The zero-order valence-electron chi connectivity index (χ0n) is 13.2. The number of aromatic nitrogens is 3. The SMILES string of the molecule is Nc1nnc(SCC(=O)NC2CCN(Cc3ccncc3)CC2)s1. The number of likely N-dealkylation sites (tertiary alicyclic amines) is 1. The second-order valence-electron chi connectivity index (χ2n) is 5.67. The second kappa shape index (κ2) is 8.41. The molecule has 0 unspecified atom stereocenters. The molecule has 1 saturated heterocycles. The van der Waals surface area contributed by atoms with Crippen LogP contribution in [-0.4, -0.2) is 50.9 Å². The van der Waals surface area contributed by atoms with Gasteiger partial charge in [0, 0.05) is 38.1 Å². The molecule has 9 heteroatoms. The first-order valence-corrected chi connectivity index (χ1v) is 9.61. The van der Waals surface area contributed by atoms with E-state index in [-0.39, 0.29) is 11.9 Å². The van der Waals surface area contributed by atoms with Gasteiger partial charge in [0.15, 0.2) is 4.34 Å². The lowest BCUT2D eigenvalue weighted by atomic mass is 10.0. The van der Waals surface area contributed by atoms with Crippen molar-refractivity contribution in [2.75, 3.05) is 24.6 Å². The van der Waals surface area contributed by atoms with Crippen molar-refractivity contribution in [3.63, 3.8) is 0 Å². The Morgan fingerprint density at radius 3 is 2.75 bits per heavy atom. The average Bonchev–Trinajstić information content (AvgIpc) is 3.01. The molecule has 0 saturated carbocycles. The normalized spacial score (nSPS) is 16.2. The molecule has 1 fully saturated rings. The number of thioether (sulfide) groups is 1. The molecular formula is C15H20N6OS2. The number of rotatable bonds is 6. The maximum atomic E-state index is 12.0. The van der Waals surface area contributed by atoms with Gasteiger partial charge in [-0.25, -0.2) is 0 Å². The average molecular weight is 365 g/mol. The minimum atomic E-state index is 0.0429. The van der Waals surface area contributed by atoms with E-state index in [1.165, 1.54) is 28.7 Å². The van der Waals surface area contributed by atoms with Crippen LogP contribution in [0.4, 0.5) is 5.13 Å². The van der Waals surface area contributed by atoms with E-state index >= 15 is 0 Å². The molecule has 0 bridgehead atoms. The number of nitrogens with two attached hydrogens (primary N) is 1. The number of nitrogens with one attached hydrogen (secondary N) is 1. The second-order valence-corrected chi connectivity index (χ2v) is 7.90. The third-order valence-corrected chi connectivity index (χ3v) is 5.74. The van der Waals surface area contributed by atoms with Gasteiger partial charge in [-0.15, -0.1) is 10.2 Å². The lowest BCUT2D eigenvalue weighted by Crippen LogP contribution is -2.44. The standard InChI is InChI=1S/C15H20N6OS2/c16-14-19-20-15(24-14)23-10-13(22)18-12-3-7-21(8-4-12)9-11-1-5-17-6-2-11/h1-2,5-6,12H,3-4,7-10H2,(H2,16,19)(H,18,22). The molecule has 3 N–H and O–H groups in total. The fourth-order valence-corrected chi connectivity index (χ4v) is 4.10. The van der Waals surface area contributed by atoms with Gasteiger partial charge in [-0.2, -0.15) is 0 Å². The Morgan fingerprint density at radius 1 is 1.33 bits per heavy atom. The Bertz CT molecular complexity index is 657.